The molecule has 1 fully saturated rings. The van der Waals surface area contributed by atoms with E-state index in [4.69, 9.17) is 19.0 Å². The van der Waals surface area contributed by atoms with E-state index in [1.807, 2.05) is 11.1 Å². The zero-order chi connectivity index (χ0) is 22.1. The van der Waals surface area contributed by atoms with Gasteiger partial charge in [0, 0.05) is 17.5 Å². The number of nitrogens with zero attached hydrogens (tertiary/aromatic N) is 1. The van der Waals surface area contributed by atoms with Crippen LogP contribution < -0.4 is 0 Å². The molecule has 0 aromatic heterocycles. The van der Waals surface area contributed by atoms with E-state index in [2.05, 4.69) is 27.7 Å². The largest absolute Gasteiger partial charge is 0.505 e. The third kappa shape index (κ3) is 6.44. The van der Waals surface area contributed by atoms with Gasteiger partial charge >= 0.3 is 11.9 Å². The molecule has 0 unspecified atom stereocenters. The zero-order valence-electron chi connectivity index (χ0n) is 19.2. The average Bonchev–Trinajstić information content (AvgIpc) is 2.62. The Kier molecular flexibility index (Phi) is 9.62. The fraction of sp³-hybridized carbons (Fsp3) is 0.818. The summed E-state index contributed by atoms with van der Waals surface area (Å²) in [6.45, 7) is 12.0. The van der Waals surface area contributed by atoms with Crippen LogP contribution in [-0.2, 0) is 28.6 Å². The van der Waals surface area contributed by atoms with Gasteiger partial charge in [0.1, 0.15) is 0 Å². The van der Waals surface area contributed by atoms with Crippen LogP contribution in [0.25, 0.3) is 0 Å². The number of carbonyl (C=O) groups is 2. The van der Waals surface area contributed by atoms with Crippen LogP contribution in [0.2, 0.25) is 0 Å². The van der Waals surface area contributed by atoms with Crippen molar-refractivity contribution in [2.75, 3.05) is 20.3 Å². The Morgan fingerprint density at radius 1 is 1.00 bits per heavy atom. The van der Waals surface area contributed by atoms with E-state index in [9.17, 15) is 9.59 Å². The van der Waals surface area contributed by atoms with Crippen molar-refractivity contribution in [3.8, 4) is 0 Å². The quantitative estimate of drug-likeness (QED) is 0.218. The number of methoxy groups -OCH3 is 1. The Labute approximate surface area is 175 Å². The van der Waals surface area contributed by atoms with Gasteiger partial charge < -0.3 is 14.2 Å². The molecule has 29 heavy (non-hydrogen) atoms. The third-order valence-corrected chi connectivity index (χ3v) is 5.27. The van der Waals surface area contributed by atoms with Crippen LogP contribution in [0.15, 0.2) is 12.3 Å². The Balaban J connectivity index is 3.31. The third-order valence-electron chi connectivity index (χ3n) is 5.27. The number of esters is 2. The lowest BCUT2D eigenvalue weighted by atomic mass is 9.82. The second kappa shape index (κ2) is 11.0. The second-order valence-corrected chi connectivity index (χ2v) is 8.63. The van der Waals surface area contributed by atoms with Crippen molar-refractivity contribution < 1.29 is 28.6 Å². The number of ether oxygens (including phenoxy) is 3. The van der Waals surface area contributed by atoms with Crippen molar-refractivity contribution in [3.05, 3.63) is 12.3 Å². The molecule has 7 heteroatoms. The van der Waals surface area contributed by atoms with Crippen molar-refractivity contribution in [3.63, 3.8) is 0 Å². The Morgan fingerprint density at radius 2 is 1.52 bits per heavy atom. The normalized spacial score (nSPS) is 19.1. The van der Waals surface area contributed by atoms with Crippen LogP contribution in [0.5, 0.6) is 0 Å². The summed E-state index contributed by atoms with van der Waals surface area (Å²) >= 11 is 0. The van der Waals surface area contributed by atoms with Gasteiger partial charge in [-0.3, -0.25) is 4.84 Å². The minimum Gasteiger partial charge on any atom is -0.505 e. The van der Waals surface area contributed by atoms with Crippen LogP contribution in [0.4, 0.5) is 0 Å². The van der Waals surface area contributed by atoms with Crippen molar-refractivity contribution >= 4 is 11.9 Å². The predicted molar refractivity (Wildman–Crippen MR) is 111 cm³/mol. The van der Waals surface area contributed by atoms with Gasteiger partial charge in [0.2, 0.25) is 0 Å². The first kappa shape index (κ1) is 25.4. The summed E-state index contributed by atoms with van der Waals surface area (Å²) in [7, 11) is 1.57. The van der Waals surface area contributed by atoms with E-state index in [-0.39, 0.29) is 30.7 Å². The molecule has 1 aliphatic heterocycles. The maximum atomic E-state index is 13.1. The monoisotopic (exact) mass is 413 g/mol. The lowest BCUT2D eigenvalue weighted by Gasteiger charge is -2.53. The number of hydroxylamine groups is 2. The fourth-order valence-electron chi connectivity index (χ4n) is 3.92. The first-order valence-corrected chi connectivity index (χ1v) is 10.6. The van der Waals surface area contributed by atoms with E-state index in [1.165, 1.54) is 0 Å². The summed E-state index contributed by atoms with van der Waals surface area (Å²) in [5.74, 6) is -1.40. The van der Waals surface area contributed by atoms with Gasteiger partial charge in [0.05, 0.1) is 26.6 Å². The average molecular weight is 414 g/mol. The summed E-state index contributed by atoms with van der Waals surface area (Å²) in [5, 5.41) is 1.82. The molecule has 1 heterocycles. The van der Waals surface area contributed by atoms with Crippen molar-refractivity contribution in [1.82, 2.24) is 5.06 Å². The molecule has 0 aliphatic carbocycles. The smallest absolute Gasteiger partial charge is 0.352 e. The van der Waals surface area contributed by atoms with Gasteiger partial charge in [0.15, 0.2) is 0 Å². The highest BCUT2D eigenvalue weighted by Gasteiger charge is 2.56. The summed E-state index contributed by atoms with van der Waals surface area (Å²) in [5.41, 5.74) is -2.53. The molecule has 0 N–H and O–H groups in total. The number of allylic oxidation sites excluding steroid dienone is 1. The maximum Gasteiger partial charge on any atom is 0.352 e. The second-order valence-electron chi connectivity index (χ2n) is 8.63. The highest BCUT2D eigenvalue weighted by molar-refractivity contribution is 6.03. The molecule has 0 amide bonds. The number of hydrogen-bond donors (Lipinski definition) is 0. The maximum absolute atomic E-state index is 13.1. The van der Waals surface area contributed by atoms with Crippen molar-refractivity contribution in [1.29, 1.82) is 0 Å². The molecule has 0 aromatic rings. The van der Waals surface area contributed by atoms with Crippen LogP contribution in [-0.4, -0.2) is 54.0 Å². The SMILES string of the molecule is CCOC(=O)C(CCC/C=C/OC)(ON1C(C)(C)CCCC1(C)C)C(=O)OCC. The molecule has 168 valence electrons. The van der Waals surface area contributed by atoms with Gasteiger partial charge in [-0.25, -0.2) is 9.59 Å². The van der Waals surface area contributed by atoms with E-state index in [0.717, 1.165) is 19.3 Å². The summed E-state index contributed by atoms with van der Waals surface area (Å²) < 4.78 is 15.5. The van der Waals surface area contributed by atoms with Gasteiger partial charge in [-0.15, -0.1) is 0 Å². The lowest BCUT2D eigenvalue weighted by molar-refractivity contribution is -0.329. The summed E-state index contributed by atoms with van der Waals surface area (Å²) in [4.78, 5) is 32.5. The number of rotatable bonds is 11. The molecule has 0 bridgehead atoms. The van der Waals surface area contributed by atoms with Gasteiger partial charge in [0.25, 0.3) is 5.60 Å². The topological polar surface area (TPSA) is 74.3 Å². The predicted octanol–water partition coefficient (Wildman–Crippen LogP) is 4.16. The molecular weight excluding hydrogens is 374 g/mol. The Hall–Kier alpha value is -1.60. The van der Waals surface area contributed by atoms with E-state index in [0.29, 0.717) is 12.8 Å². The lowest BCUT2D eigenvalue weighted by Crippen LogP contribution is -2.65. The van der Waals surface area contributed by atoms with Gasteiger partial charge in [-0.2, -0.15) is 5.06 Å². The van der Waals surface area contributed by atoms with Crippen LogP contribution >= 0.6 is 0 Å². The molecular formula is C22H39NO6. The first-order chi connectivity index (χ1) is 13.6. The highest BCUT2D eigenvalue weighted by Crippen LogP contribution is 2.41. The zero-order valence-corrected chi connectivity index (χ0v) is 19.2. The molecule has 0 saturated carbocycles. The Bertz CT molecular complexity index is 536. The summed E-state index contributed by atoms with van der Waals surface area (Å²) in [6.07, 6.45) is 7.58. The fourth-order valence-corrected chi connectivity index (χ4v) is 3.92. The van der Waals surface area contributed by atoms with Gasteiger partial charge in [-0.05, 0) is 79.7 Å². The number of carbonyl (C=O) groups excluding carboxylic acids is 2. The molecule has 1 rings (SSSR count). The first-order valence-electron chi connectivity index (χ1n) is 10.6. The Morgan fingerprint density at radius 3 is 1.97 bits per heavy atom. The van der Waals surface area contributed by atoms with Crippen LogP contribution in [0.1, 0.15) is 80.1 Å². The number of hydrogen-bond acceptors (Lipinski definition) is 7. The van der Waals surface area contributed by atoms with Crippen molar-refractivity contribution in [2.45, 2.75) is 96.7 Å². The highest BCUT2D eigenvalue weighted by atomic mass is 16.7. The molecule has 0 aromatic carbocycles. The van der Waals surface area contributed by atoms with E-state index < -0.39 is 17.5 Å². The summed E-state index contributed by atoms with van der Waals surface area (Å²) in [6, 6.07) is 0. The minimum atomic E-state index is -1.83. The molecule has 7 nitrogen and oxygen atoms in total. The minimum absolute atomic E-state index is 0.152. The molecule has 0 atom stereocenters. The van der Waals surface area contributed by atoms with E-state index in [1.54, 1.807) is 27.2 Å². The molecule has 0 radical (unpaired) electrons. The number of unbranched alkanes of at least 4 members (excludes halogenated alkanes) is 1. The molecule has 1 aliphatic rings. The molecule has 1 saturated heterocycles. The van der Waals surface area contributed by atoms with Crippen LogP contribution in [0.3, 0.4) is 0 Å². The molecule has 0 spiro atoms. The van der Waals surface area contributed by atoms with Gasteiger partial charge in [-0.1, -0.05) is 0 Å². The van der Waals surface area contributed by atoms with Crippen LogP contribution in [0, 0.1) is 0 Å². The van der Waals surface area contributed by atoms with Crippen molar-refractivity contribution in [2.24, 2.45) is 0 Å². The van der Waals surface area contributed by atoms with E-state index >= 15 is 0 Å². The standard InChI is InChI=1S/C22H39NO6/c1-8-27-18(24)22(19(25)28-9-2,16-11-10-12-17-26-7)29-23-20(3,4)14-13-15-21(23,5)6/h12,17H,8-11,13-16H2,1-7H3/b17-12+. The number of piperidine rings is 1.